The number of rotatable bonds is 2. The second kappa shape index (κ2) is 3.08. The Morgan fingerprint density at radius 2 is 2.33 bits per heavy atom. The highest BCUT2D eigenvalue weighted by molar-refractivity contribution is 4.07. The van der Waals surface area contributed by atoms with Gasteiger partial charge in [0.2, 0.25) is 0 Å². The summed E-state index contributed by atoms with van der Waals surface area (Å²) in [5, 5.41) is 9.03. The van der Waals surface area contributed by atoms with Gasteiger partial charge in [0.05, 0.1) is 7.11 Å². The van der Waals surface area contributed by atoms with E-state index in [1.165, 1.54) is 7.11 Å². The van der Waals surface area contributed by atoms with Crippen molar-refractivity contribution >= 4 is 0 Å². The minimum absolute atomic E-state index is 0.497. The number of nitrogens with zero attached hydrogens (tertiary/aromatic N) is 1. The fraction of sp³-hybridized carbons (Fsp3) is 1.00. The van der Waals surface area contributed by atoms with Gasteiger partial charge >= 0.3 is 0 Å². The van der Waals surface area contributed by atoms with Crippen molar-refractivity contribution in [2.45, 2.75) is 6.92 Å². The largest absolute Gasteiger partial charge is 0.290 e. The summed E-state index contributed by atoms with van der Waals surface area (Å²) in [6.45, 7) is 2.28. The molecule has 0 heterocycles. The zero-order valence-electron chi connectivity index (χ0n) is 4.01. The molecule has 0 radical (unpaired) electrons. The van der Waals surface area contributed by atoms with Crippen LogP contribution in [0.1, 0.15) is 6.92 Å². The lowest BCUT2D eigenvalue weighted by atomic mass is 10.8. The van der Waals surface area contributed by atoms with Gasteiger partial charge in [-0.15, -0.1) is 0 Å². The second-order valence-electron chi connectivity index (χ2n) is 0.851. The van der Waals surface area contributed by atoms with Crippen molar-refractivity contribution in [2.24, 2.45) is 0 Å². The third-order valence-corrected chi connectivity index (χ3v) is 0.481. The van der Waals surface area contributed by atoms with Gasteiger partial charge in [-0.2, -0.15) is 0 Å². The fourth-order valence-corrected chi connectivity index (χ4v) is 0.129. The first-order chi connectivity index (χ1) is 2.81. The van der Waals surface area contributed by atoms with Gasteiger partial charge in [-0.05, 0) is 6.92 Å². The molecule has 0 aromatic rings. The predicted octanol–water partition coefficient (Wildman–Crippen LogP) is 0.259. The molecule has 0 spiro atoms. The van der Waals surface area contributed by atoms with E-state index >= 15 is 0 Å². The van der Waals surface area contributed by atoms with E-state index in [1.807, 2.05) is 0 Å². The molecule has 0 bridgehead atoms. The third kappa shape index (κ3) is 2.14. The molecule has 0 aromatic carbocycles. The Morgan fingerprint density at radius 3 is 2.33 bits per heavy atom. The van der Waals surface area contributed by atoms with Crippen LogP contribution in [0.5, 0.6) is 0 Å². The Bertz CT molecular complexity index is 28.0. The maximum Gasteiger partial charge on any atom is 0.0601 e. The molecule has 3 heteroatoms. The van der Waals surface area contributed by atoms with E-state index in [1.54, 1.807) is 6.92 Å². The SMILES string of the molecule is CCN(O)OC. The molecular formula is C3H9NO2. The highest BCUT2D eigenvalue weighted by Crippen LogP contribution is 1.73. The van der Waals surface area contributed by atoms with Crippen LogP contribution in [0.3, 0.4) is 0 Å². The average Bonchev–Trinajstić information content (AvgIpc) is 1.65. The molecule has 1 N–H and O–H groups in total. The van der Waals surface area contributed by atoms with Gasteiger partial charge in [-0.1, -0.05) is 5.23 Å². The molecule has 0 amide bonds. The van der Waals surface area contributed by atoms with Crippen LogP contribution in [0.4, 0.5) is 0 Å². The standard InChI is InChI=1S/C3H9NO2/c1-3-4(5)6-2/h5H,3H2,1-2H3. The maximum atomic E-state index is 8.28. The van der Waals surface area contributed by atoms with Gasteiger partial charge in [0.25, 0.3) is 0 Å². The molecule has 0 aliphatic heterocycles. The summed E-state index contributed by atoms with van der Waals surface area (Å²) in [6, 6.07) is 0. The number of hydrogen-bond donors (Lipinski definition) is 1. The Balaban J connectivity index is 2.75. The normalized spacial score (nSPS) is 10.0. The molecule has 0 saturated heterocycles. The first-order valence-corrected chi connectivity index (χ1v) is 1.81. The topological polar surface area (TPSA) is 32.7 Å². The summed E-state index contributed by atoms with van der Waals surface area (Å²) in [6.07, 6.45) is 0. The molecule has 3 nitrogen and oxygen atoms in total. The summed E-state index contributed by atoms with van der Waals surface area (Å²) < 4.78 is 0. The molecule has 0 aromatic heterocycles. The highest BCUT2D eigenvalue weighted by atomic mass is 16.9. The minimum Gasteiger partial charge on any atom is -0.290 e. The van der Waals surface area contributed by atoms with Gasteiger partial charge in [0.15, 0.2) is 0 Å². The van der Waals surface area contributed by atoms with E-state index in [2.05, 4.69) is 4.84 Å². The number of hydroxylamine groups is 2. The molecule has 0 atom stereocenters. The van der Waals surface area contributed by atoms with E-state index in [0.717, 1.165) is 5.23 Å². The minimum atomic E-state index is 0.497. The second-order valence-corrected chi connectivity index (χ2v) is 0.851. The lowest BCUT2D eigenvalue weighted by molar-refractivity contribution is -0.322. The van der Waals surface area contributed by atoms with E-state index in [-0.39, 0.29) is 0 Å². The summed E-state index contributed by atoms with van der Waals surface area (Å²) >= 11 is 0. The van der Waals surface area contributed by atoms with E-state index in [9.17, 15) is 0 Å². The predicted molar refractivity (Wildman–Crippen MR) is 21.2 cm³/mol. The number of hydrogen-bond acceptors (Lipinski definition) is 3. The maximum absolute atomic E-state index is 8.28. The molecule has 0 aliphatic rings. The van der Waals surface area contributed by atoms with Crippen molar-refractivity contribution in [1.82, 2.24) is 5.23 Å². The van der Waals surface area contributed by atoms with Crippen LogP contribution < -0.4 is 0 Å². The Labute approximate surface area is 37.0 Å². The molecule has 0 rings (SSSR count). The molecule has 0 unspecified atom stereocenters. The van der Waals surface area contributed by atoms with Gasteiger partial charge < -0.3 is 0 Å². The zero-order chi connectivity index (χ0) is 4.99. The van der Waals surface area contributed by atoms with Crippen LogP contribution in [0, 0.1) is 0 Å². The van der Waals surface area contributed by atoms with Crippen LogP contribution >= 0.6 is 0 Å². The van der Waals surface area contributed by atoms with E-state index in [4.69, 9.17) is 5.21 Å². The quantitative estimate of drug-likeness (QED) is 0.495. The lowest BCUT2D eigenvalue weighted by Gasteiger charge is -2.04. The summed E-state index contributed by atoms with van der Waals surface area (Å²) in [5.74, 6) is 0. The summed E-state index contributed by atoms with van der Waals surface area (Å²) in [4.78, 5) is 4.29. The van der Waals surface area contributed by atoms with Crippen LogP contribution in [-0.4, -0.2) is 24.1 Å². The summed E-state index contributed by atoms with van der Waals surface area (Å²) in [7, 11) is 1.41. The van der Waals surface area contributed by atoms with E-state index in [0.29, 0.717) is 6.54 Å². The van der Waals surface area contributed by atoms with Crippen LogP contribution in [0.2, 0.25) is 0 Å². The lowest BCUT2D eigenvalue weighted by Crippen LogP contribution is -2.15. The zero-order valence-corrected chi connectivity index (χ0v) is 4.01. The Kier molecular flexibility index (Phi) is 3.02. The first-order valence-electron chi connectivity index (χ1n) is 1.81. The van der Waals surface area contributed by atoms with E-state index < -0.39 is 0 Å². The van der Waals surface area contributed by atoms with Crippen molar-refractivity contribution in [3.05, 3.63) is 0 Å². The smallest absolute Gasteiger partial charge is 0.0601 e. The molecule has 6 heavy (non-hydrogen) atoms. The summed E-state index contributed by atoms with van der Waals surface area (Å²) in [5.41, 5.74) is 0. The van der Waals surface area contributed by atoms with Crippen molar-refractivity contribution in [2.75, 3.05) is 13.7 Å². The molecule has 0 fully saturated rings. The fourth-order valence-electron chi connectivity index (χ4n) is 0.129. The van der Waals surface area contributed by atoms with Gasteiger partial charge in [0, 0.05) is 6.54 Å². The molecule has 38 valence electrons. The van der Waals surface area contributed by atoms with Gasteiger partial charge in [-0.3, -0.25) is 10.0 Å². The van der Waals surface area contributed by atoms with Gasteiger partial charge in [-0.25, -0.2) is 0 Å². The molecule has 0 saturated carbocycles. The average molecular weight is 91.1 g/mol. The highest BCUT2D eigenvalue weighted by Gasteiger charge is 1.84. The Hall–Kier alpha value is -0.120. The van der Waals surface area contributed by atoms with Gasteiger partial charge in [0.1, 0.15) is 0 Å². The van der Waals surface area contributed by atoms with Crippen LogP contribution in [0.15, 0.2) is 0 Å². The molecular weight excluding hydrogens is 82.0 g/mol. The van der Waals surface area contributed by atoms with Crippen molar-refractivity contribution in [1.29, 1.82) is 0 Å². The van der Waals surface area contributed by atoms with Crippen molar-refractivity contribution < 1.29 is 10.0 Å². The third-order valence-electron chi connectivity index (χ3n) is 0.481. The monoisotopic (exact) mass is 91.1 g/mol. The van der Waals surface area contributed by atoms with Crippen molar-refractivity contribution in [3.63, 3.8) is 0 Å². The Morgan fingerprint density at radius 1 is 1.83 bits per heavy atom. The van der Waals surface area contributed by atoms with Crippen LogP contribution in [-0.2, 0) is 4.84 Å². The molecule has 0 aliphatic carbocycles. The first kappa shape index (κ1) is 5.88. The van der Waals surface area contributed by atoms with Crippen LogP contribution in [0.25, 0.3) is 0 Å². The van der Waals surface area contributed by atoms with Crippen molar-refractivity contribution in [3.8, 4) is 0 Å².